The van der Waals surface area contributed by atoms with Crippen molar-refractivity contribution in [2.45, 2.75) is 82.8 Å². The minimum atomic E-state index is 0.0635. The molecule has 1 aliphatic heterocycles. The lowest BCUT2D eigenvalue weighted by Gasteiger charge is -2.30. The Morgan fingerprint density at radius 2 is 1.77 bits per heavy atom. The smallest absolute Gasteiger partial charge is 0.182 e. The molecule has 30 heavy (non-hydrogen) atoms. The van der Waals surface area contributed by atoms with Crippen molar-refractivity contribution < 1.29 is 4.74 Å². The van der Waals surface area contributed by atoms with Crippen LogP contribution in [0.2, 0.25) is 0 Å². The van der Waals surface area contributed by atoms with Crippen LogP contribution in [0.3, 0.4) is 0 Å². The molecule has 156 valence electrons. The highest BCUT2D eigenvalue weighted by atomic mass is 16.5. The van der Waals surface area contributed by atoms with Gasteiger partial charge in [0.25, 0.3) is 0 Å². The largest absolute Gasteiger partial charge is 0.373 e. The molecular weight excluding hydrogens is 376 g/mol. The van der Waals surface area contributed by atoms with Crippen LogP contribution in [0, 0.1) is 13.8 Å². The molecule has 0 spiro atoms. The van der Waals surface area contributed by atoms with Crippen LogP contribution in [0.15, 0.2) is 12.4 Å². The Kier molecular flexibility index (Phi) is 4.33. The van der Waals surface area contributed by atoms with Crippen molar-refractivity contribution in [1.29, 1.82) is 0 Å². The Labute approximate surface area is 176 Å². The van der Waals surface area contributed by atoms with Crippen LogP contribution in [-0.2, 0) is 4.74 Å². The monoisotopic (exact) mass is 404 g/mol. The molecule has 3 fully saturated rings. The second-order valence-corrected chi connectivity index (χ2v) is 9.23. The van der Waals surface area contributed by atoms with E-state index in [2.05, 4.69) is 16.0 Å². The Balaban J connectivity index is 1.34. The van der Waals surface area contributed by atoms with Crippen LogP contribution in [-0.4, -0.2) is 36.3 Å². The molecule has 4 heterocycles. The van der Waals surface area contributed by atoms with Crippen molar-refractivity contribution in [2.24, 2.45) is 0 Å². The zero-order chi connectivity index (χ0) is 20.2. The van der Waals surface area contributed by atoms with Gasteiger partial charge in [-0.05, 0) is 52.4 Å². The summed E-state index contributed by atoms with van der Waals surface area (Å²) in [6.07, 6.45) is 12.2. The first-order valence-electron chi connectivity index (χ1n) is 11.3. The van der Waals surface area contributed by atoms with Crippen LogP contribution in [0.5, 0.6) is 0 Å². The molecule has 0 bridgehead atoms. The molecule has 3 aliphatic rings. The summed E-state index contributed by atoms with van der Waals surface area (Å²) in [4.78, 5) is 19.6. The van der Waals surface area contributed by atoms with Gasteiger partial charge in [-0.25, -0.2) is 19.9 Å². The van der Waals surface area contributed by atoms with E-state index in [0.717, 1.165) is 53.5 Å². The van der Waals surface area contributed by atoms with Gasteiger partial charge >= 0.3 is 0 Å². The number of hydrogen-bond acceptors (Lipinski definition) is 6. The molecule has 6 rings (SSSR count). The topological polar surface area (TPSA) is 78.6 Å². The maximum atomic E-state index is 6.12. The van der Waals surface area contributed by atoms with Crippen LogP contribution in [0.25, 0.3) is 11.2 Å². The number of nitrogens with zero attached hydrogens (tertiary/aromatic N) is 6. The fraction of sp³-hybridized carbons (Fsp3) is 0.609. The third kappa shape index (κ3) is 3.20. The molecule has 7 heteroatoms. The predicted molar refractivity (Wildman–Crippen MR) is 112 cm³/mol. The van der Waals surface area contributed by atoms with E-state index in [9.17, 15) is 0 Å². The van der Waals surface area contributed by atoms with E-state index in [1.165, 1.54) is 37.7 Å². The quantitative estimate of drug-likeness (QED) is 0.638. The number of rotatable bonds is 4. The van der Waals surface area contributed by atoms with E-state index in [-0.39, 0.29) is 12.0 Å². The van der Waals surface area contributed by atoms with Gasteiger partial charge in [-0.3, -0.25) is 4.68 Å². The second-order valence-electron chi connectivity index (χ2n) is 9.23. The number of aromatic nitrogens is 6. The van der Waals surface area contributed by atoms with Crippen LogP contribution in [0.1, 0.15) is 97.4 Å². The summed E-state index contributed by atoms with van der Waals surface area (Å²) in [5, 5.41) is 4.55. The van der Waals surface area contributed by atoms with Crippen LogP contribution < -0.4 is 0 Å². The summed E-state index contributed by atoms with van der Waals surface area (Å²) in [5.41, 5.74) is 5.87. The standard InChI is InChI=1S/C23H28N6O/c1-13-14(2)26-23-21(25-13)20(15-4-3-5-15)27-22(28-23)16-8-9-30-19(10-16)17-11-24-29(12-17)18-6-7-18/h11-12,15-16,18-19H,3-10H2,1-2H3/t16-,19-/m1/s1. The van der Waals surface area contributed by atoms with Gasteiger partial charge in [0.1, 0.15) is 11.3 Å². The highest BCUT2D eigenvalue weighted by Crippen LogP contribution is 2.41. The molecule has 3 aromatic rings. The van der Waals surface area contributed by atoms with Gasteiger partial charge in [0.2, 0.25) is 0 Å². The molecular formula is C23H28N6O. The lowest BCUT2D eigenvalue weighted by molar-refractivity contribution is 0.00390. The molecule has 3 aromatic heterocycles. The molecule has 2 atom stereocenters. The second kappa shape index (κ2) is 7.08. The Morgan fingerprint density at radius 3 is 2.53 bits per heavy atom. The molecule has 1 saturated heterocycles. The Hall–Kier alpha value is -2.41. The van der Waals surface area contributed by atoms with E-state index in [1.54, 1.807) is 0 Å². The molecule has 2 saturated carbocycles. The van der Waals surface area contributed by atoms with Crippen molar-refractivity contribution in [3.63, 3.8) is 0 Å². The first-order valence-corrected chi connectivity index (χ1v) is 11.3. The Bertz CT molecular complexity index is 1100. The van der Waals surface area contributed by atoms with Gasteiger partial charge in [0.05, 0.1) is 35.4 Å². The number of hydrogen-bond donors (Lipinski definition) is 0. The predicted octanol–water partition coefficient (Wildman–Crippen LogP) is 4.47. The summed E-state index contributed by atoms with van der Waals surface area (Å²) >= 11 is 0. The third-order valence-corrected chi connectivity index (χ3v) is 7.04. The van der Waals surface area contributed by atoms with Gasteiger partial charge in [0.15, 0.2) is 5.65 Å². The molecule has 0 unspecified atom stereocenters. The minimum absolute atomic E-state index is 0.0635. The van der Waals surface area contributed by atoms with E-state index in [0.29, 0.717) is 12.0 Å². The first kappa shape index (κ1) is 18.4. The lowest BCUT2D eigenvalue weighted by atomic mass is 9.82. The van der Waals surface area contributed by atoms with E-state index < -0.39 is 0 Å². The number of fused-ring (bicyclic) bond motifs is 1. The zero-order valence-electron chi connectivity index (χ0n) is 17.7. The number of ether oxygens (including phenoxy) is 1. The SMILES string of the molecule is Cc1nc2nc([C@@H]3CCO[C@@H](c4cnn(C5CC5)c4)C3)nc(C3CCC3)c2nc1C. The highest BCUT2D eigenvalue weighted by Gasteiger charge is 2.32. The van der Waals surface area contributed by atoms with Crippen molar-refractivity contribution in [3.05, 3.63) is 40.9 Å². The fourth-order valence-electron chi connectivity index (χ4n) is 4.62. The van der Waals surface area contributed by atoms with Gasteiger partial charge in [0, 0.05) is 30.2 Å². The molecule has 0 aromatic carbocycles. The summed E-state index contributed by atoms with van der Waals surface area (Å²) in [6, 6.07) is 0.595. The van der Waals surface area contributed by atoms with E-state index >= 15 is 0 Å². The molecule has 0 amide bonds. The Morgan fingerprint density at radius 1 is 0.933 bits per heavy atom. The first-order chi connectivity index (χ1) is 14.7. The van der Waals surface area contributed by atoms with Crippen molar-refractivity contribution >= 4 is 11.2 Å². The third-order valence-electron chi connectivity index (χ3n) is 7.04. The maximum absolute atomic E-state index is 6.12. The summed E-state index contributed by atoms with van der Waals surface area (Å²) in [7, 11) is 0. The molecule has 0 N–H and O–H groups in total. The van der Waals surface area contributed by atoms with Crippen molar-refractivity contribution in [1.82, 2.24) is 29.7 Å². The molecule has 7 nitrogen and oxygen atoms in total. The summed E-state index contributed by atoms with van der Waals surface area (Å²) < 4.78 is 8.23. The number of aryl methyl sites for hydroxylation is 2. The average molecular weight is 405 g/mol. The normalized spacial score (nSPS) is 24.9. The highest BCUT2D eigenvalue weighted by molar-refractivity contribution is 5.73. The zero-order valence-corrected chi connectivity index (χ0v) is 17.7. The molecule has 0 radical (unpaired) electrons. The van der Waals surface area contributed by atoms with Gasteiger partial charge in [-0.2, -0.15) is 5.10 Å². The average Bonchev–Trinajstić information content (AvgIpc) is 3.44. The van der Waals surface area contributed by atoms with E-state index in [1.807, 2.05) is 20.0 Å². The van der Waals surface area contributed by atoms with Crippen molar-refractivity contribution in [2.75, 3.05) is 6.61 Å². The molecule has 2 aliphatic carbocycles. The minimum Gasteiger partial charge on any atom is -0.373 e. The maximum Gasteiger partial charge on any atom is 0.182 e. The van der Waals surface area contributed by atoms with Gasteiger partial charge in [-0.15, -0.1) is 0 Å². The van der Waals surface area contributed by atoms with Crippen LogP contribution in [0.4, 0.5) is 0 Å². The summed E-state index contributed by atoms with van der Waals surface area (Å²) in [5.74, 6) is 1.70. The lowest BCUT2D eigenvalue weighted by Crippen LogP contribution is -2.22. The fourth-order valence-corrected chi connectivity index (χ4v) is 4.62. The van der Waals surface area contributed by atoms with Gasteiger partial charge in [-0.1, -0.05) is 6.42 Å². The van der Waals surface area contributed by atoms with E-state index in [4.69, 9.17) is 24.7 Å². The van der Waals surface area contributed by atoms with Crippen molar-refractivity contribution in [3.8, 4) is 0 Å². The van der Waals surface area contributed by atoms with Gasteiger partial charge < -0.3 is 4.74 Å². The van der Waals surface area contributed by atoms with Crippen LogP contribution >= 0.6 is 0 Å². The summed E-state index contributed by atoms with van der Waals surface area (Å²) in [6.45, 7) is 4.75.